The number of nitrogens with zero attached hydrogens (tertiary/aromatic N) is 2. The van der Waals surface area contributed by atoms with Crippen LogP contribution in [0.5, 0.6) is 0 Å². The Hall–Kier alpha value is -2.85. The maximum absolute atomic E-state index is 13.7. The maximum atomic E-state index is 13.7. The number of nitro groups is 1. The first-order valence-corrected chi connectivity index (χ1v) is 10.4. The summed E-state index contributed by atoms with van der Waals surface area (Å²) in [5, 5.41) is 13.5. The van der Waals surface area contributed by atoms with Crippen LogP contribution in [0, 0.1) is 28.8 Å². The summed E-state index contributed by atoms with van der Waals surface area (Å²) in [6.45, 7) is 1.77. The van der Waals surface area contributed by atoms with E-state index in [-0.39, 0.29) is 48.1 Å². The highest BCUT2D eigenvalue weighted by atomic mass is 32.2. The van der Waals surface area contributed by atoms with Crippen molar-refractivity contribution in [1.29, 1.82) is 0 Å². The molecule has 154 valence electrons. The van der Waals surface area contributed by atoms with Crippen molar-refractivity contribution in [2.45, 2.75) is 24.7 Å². The van der Waals surface area contributed by atoms with Crippen LogP contribution in [0.15, 0.2) is 47.4 Å². The van der Waals surface area contributed by atoms with Crippen LogP contribution in [-0.2, 0) is 14.8 Å². The van der Waals surface area contributed by atoms with Gasteiger partial charge in [-0.05, 0) is 37.5 Å². The second-order valence-electron chi connectivity index (χ2n) is 6.85. The molecule has 0 saturated carbocycles. The van der Waals surface area contributed by atoms with Gasteiger partial charge in [0.2, 0.25) is 15.9 Å². The molecule has 2 aromatic carbocycles. The average Bonchev–Trinajstić information content (AvgIpc) is 2.69. The van der Waals surface area contributed by atoms with Crippen molar-refractivity contribution in [3.8, 4) is 0 Å². The lowest BCUT2D eigenvalue weighted by atomic mass is 9.97. The molecule has 0 spiro atoms. The van der Waals surface area contributed by atoms with Crippen LogP contribution in [0.4, 0.5) is 15.8 Å². The first-order chi connectivity index (χ1) is 13.7. The lowest BCUT2D eigenvalue weighted by Crippen LogP contribution is -2.41. The van der Waals surface area contributed by atoms with Gasteiger partial charge in [0.25, 0.3) is 5.69 Å². The molecule has 8 nitrogen and oxygen atoms in total. The molecular weight excluding hydrogens is 401 g/mol. The van der Waals surface area contributed by atoms with Crippen LogP contribution < -0.4 is 5.32 Å². The van der Waals surface area contributed by atoms with Gasteiger partial charge in [0, 0.05) is 31.1 Å². The number of nitro benzene ring substituents is 1. The Labute approximate surface area is 167 Å². The van der Waals surface area contributed by atoms with Gasteiger partial charge in [0.15, 0.2) is 0 Å². The Bertz CT molecular complexity index is 1050. The molecule has 0 aromatic heterocycles. The molecular formula is C19H20FN3O5S. The summed E-state index contributed by atoms with van der Waals surface area (Å²) < 4.78 is 40.8. The molecule has 1 aliphatic heterocycles. The Morgan fingerprint density at radius 1 is 1.21 bits per heavy atom. The monoisotopic (exact) mass is 421 g/mol. The highest BCUT2D eigenvalue weighted by Crippen LogP contribution is 2.29. The number of aryl methyl sites for hydroxylation is 1. The number of anilines is 1. The number of amides is 1. The van der Waals surface area contributed by atoms with Crippen LogP contribution in [0.25, 0.3) is 0 Å². The van der Waals surface area contributed by atoms with Gasteiger partial charge in [-0.2, -0.15) is 4.31 Å². The van der Waals surface area contributed by atoms with Gasteiger partial charge in [-0.25, -0.2) is 12.8 Å². The first-order valence-electron chi connectivity index (χ1n) is 9.00. The SMILES string of the molecule is Cc1ccc([N+](=O)[O-])cc1S(=O)(=O)N1CCC(C(=O)Nc2ccccc2F)CC1. The van der Waals surface area contributed by atoms with E-state index >= 15 is 0 Å². The molecule has 1 N–H and O–H groups in total. The van der Waals surface area contributed by atoms with Gasteiger partial charge in [-0.1, -0.05) is 18.2 Å². The predicted molar refractivity (Wildman–Crippen MR) is 104 cm³/mol. The molecule has 10 heteroatoms. The number of para-hydroxylation sites is 1. The van der Waals surface area contributed by atoms with Crippen LogP contribution >= 0.6 is 0 Å². The third-order valence-electron chi connectivity index (χ3n) is 4.96. The normalized spacial score (nSPS) is 15.8. The second-order valence-corrected chi connectivity index (χ2v) is 8.76. The molecule has 0 radical (unpaired) electrons. The number of carbonyl (C=O) groups excluding carboxylic acids is 1. The molecule has 29 heavy (non-hydrogen) atoms. The molecule has 1 aliphatic rings. The minimum Gasteiger partial charge on any atom is -0.323 e. The van der Waals surface area contributed by atoms with E-state index in [9.17, 15) is 27.7 Å². The Balaban J connectivity index is 1.70. The number of nitrogens with one attached hydrogen (secondary N) is 1. The fraction of sp³-hybridized carbons (Fsp3) is 0.316. The van der Waals surface area contributed by atoms with Crippen molar-refractivity contribution in [1.82, 2.24) is 4.31 Å². The van der Waals surface area contributed by atoms with Crippen molar-refractivity contribution in [3.63, 3.8) is 0 Å². The smallest absolute Gasteiger partial charge is 0.270 e. The predicted octanol–water partition coefficient (Wildman–Crippen LogP) is 3.08. The van der Waals surface area contributed by atoms with E-state index < -0.39 is 26.7 Å². The molecule has 2 aromatic rings. The van der Waals surface area contributed by atoms with Crippen LogP contribution in [-0.4, -0.2) is 36.6 Å². The second kappa shape index (κ2) is 8.26. The summed E-state index contributed by atoms with van der Waals surface area (Å²) in [5.41, 5.74) is 0.197. The summed E-state index contributed by atoms with van der Waals surface area (Å²) >= 11 is 0. The molecule has 3 rings (SSSR count). The highest BCUT2D eigenvalue weighted by molar-refractivity contribution is 7.89. The largest absolute Gasteiger partial charge is 0.323 e. The quantitative estimate of drug-likeness (QED) is 0.589. The van der Waals surface area contributed by atoms with Crippen molar-refractivity contribution in [2.75, 3.05) is 18.4 Å². The van der Waals surface area contributed by atoms with E-state index in [0.29, 0.717) is 5.56 Å². The van der Waals surface area contributed by atoms with E-state index in [4.69, 9.17) is 0 Å². The maximum Gasteiger partial charge on any atom is 0.270 e. The summed E-state index contributed by atoms with van der Waals surface area (Å²) in [4.78, 5) is 22.6. The zero-order valence-electron chi connectivity index (χ0n) is 15.7. The van der Waals surface area contributed by atoms with Crippen LogP contribution in [0.3, 0.4) is 0 Å². The Kier molecular flexibility index (Phi) is 5.94. The Morgan fingerprint density at radius 3 is 2.48 bits per heavy atom. The number of carbonyl (C=O) groups is 1. The van der Waals surface area contributed by atoms with E-state index in [1.165, 1.54) is 34.6 Å². The first kappa shape index (κ1) is 20.9. The van der Waals surface area contributed by atoms with E-state index in [1.54, 1.807) is 13.0 Å². The third kappa shape index (κ3) is 4.43. The van der Waals surface area contributed by atoms with Crippen LogP contribution in [0.2, 0.25) is 0 Å². The molecule has 1 heterocycles. The summed E-state index contributed by atoms with van der Waals surface area (Å²) in [5.74, 6) is -1.35. The fourth-order valence-corrected chi connectivity index (χ4v) is 4.99. The number of piperidine rings is 1. The highest BCUT2D eigenvalue weighted by Gasteiger charge is 2.33. The van der Waals surface area contributed by atoms with Gasteiger partial charge in [0.1, 0.15) is 5.82 Å². The van der Waals surface area contributed by atoms with E-state index in [0.717, 1.165) is 6.07 Å². The fourth-order valence-electron chi connectivity index (χ4n) is 3.28. The van der Waals surface area contributed by atoms with Crippen LogP contribution in [0.1, 0.15) is 18.4 Å². The molecule has 1 fully saturated rings. The third-order valence-corrected chi connectivity index (χ3v) is 7.00. The van der Waals surface area contributed by atoms with Crippen molar-refractivity contribution >= 4 is 27.3 Å². The average molecular weight is 421 g/mol. The molecule has 0 unspecified atom stereocenters. The standard InChI is InChI=1S/C19H20FN3O5S/c1-13-6-7-15(23(25)26)12-18(13)29(27,28)22-10-8-14(9-11-22)19(24)21-17-5-3-2-4-16(17)20/h2-7,12,14H,8-11H2,1H3,(H,21,24). The molecule has 1 amide bonds. The Morgan fingerprint density at radius 2 is 1.86 bits per heavy atom. The van der Waals surface area contributed by atoms with E-state index in [1.807, 2.05) is 0 Å². The van der Waals surface area contributed by atoms with Gasteiger partial charge >= 0.3 is 0 Å². The summed E-state index contributed by atoms with van der Waals surface area (Å²) in [6.07, 6.45) is 0.543. The van der Waals surface area contributed by atoms with Gasteiger partial charge in [-0.3, -0.25) is 14.9 Å². The number of sulfonamides is 1. The molecule has 0 bridgehead atoms. The van der Waals surface area contributed by atoms with Gasteiger partial charge in [0.05, 0.1) is 15.5 Å². The number of non-ortho nitro benzene ring substituents is 1. The van der Waals surface area contributed by atoms with Crippen molar-refractivity contribution in [3.05, 3.63) is 64.0 Å². The van der Waals surface area contributed by atoms with E-state index in [2.05, 4.69) is 5.32 Å². The lowest BCUT2D eigenvalue weighted by Gasteiger charge is -2.30. The van der Waals surface area contributed by atoms with Crippen molar-refractivity contribution < 1.29 is 22.5 Å². The number of rotatable bonds is 5. The zero-order valence-corrected chi connectivity index (χ0v) is 16.5. The summed E-state index contributed by atoms with van der Waals surface area (Å²) in [7, 11) is -3.93. The minimum atomic E-state index is -3.93. The van der Waals surface area contributed by atoms with Gasteiger partial charge < -0.3 is 5.32 Å². The lowest BCUT2D eigenvalue weighted by molar-refractivity contribution is -0.385. The molecule has 0 atom stereocenters. The number of halogens is 1. The zero-order chi connectivity index (χ0) is 21.2. The van der Waals surface area contributed by atoms with Gasteiger partial charge in [-0.15, -0.1) is 0 Å². The molecule has 1 saturated heterocycles. The molecule has 0 aliphatic carbocycles. The summed E-state index contributed by atoms with van der Waals surface area (Å²) in [6, 6.07) is 9.54. The number of benzene rings is 2. The number of hydrogen-bond acceptors (Lipinski definition) is 5. The minimum absolute atomic E-state index is 0.0831. The number of hydrogen-bond donors (Lipinski definition) is 1. The van der Waals surface area contributed by atoms with Crippen molar-refractivity contribution in [2.24, 2.45) is 5.92 Å². The topological polar surface area (TPSA) is 110 Å².